The number of alkyl halides is 3. The summed E-state index contributed by atoms with van der Waals surface area (Å²) >= 11 is 1.33. The quantitative estimate of drug-likeness (QED) is 0.876. The predicted molar refractivity (Wildman–Crippen MR) is 72.1 cm³/mol. The Hall–Kier alpha value is -1.18. The molecule has 2 rings (SSSR count). The molecule has 1 aromatic carbocycles. The highest BCUT2D eigenvalue weighted by Crippen LogP contribution is 2.34. The first-order valence-corrected chi connectivity index (χ1v) is 6.77. The van der Waals surface area contributed by atoms with Gasteiger partial charge in [0.1, 0.15) is 5.82 Å². The fraction of sp³-hybridized carbons (Fsp3) is 0.385. The molecule has 20 heavy (non-hydrogen) atoms. The topological polar surface area (TPSA) is 29.3 Å². The van der Waals surface area contributed by atoms with E-state index in [1.165, 1.54) is 24.5 Å². The van der Waals surface area contributed by atoms with Crippen molar-refractivity contribution in [1.82, 2.24) is 4.90 Å². The second-order valence-electron chi connectivity index (χ2n) is 4.61. The molecule has 0 aliphatic carbocycles. The number of benzene rings is 1. The Morgan fingerprint density at radius 2 is 2.00 bits per heavy atom. The first-order chi connectivity index (χ1) is 9.31. The highest BCUT2D eigenvalue weighted by molar-refractivity contribution is 7.19. The van der Waals surface area contributed by atoms with Crippen molar-refractivity contribution in [1.29, 1.82) is 0 Å². The lowest BCUT2D eigenvalue weighted by Gasteiger charge is -2.19. The summed E-state index contributed by atoms with van der Waals surface area (Å²) in [6, 6.07) is 4.63. The Morgan fingerprint density at radius 3 is 2.60 bits per heavy atom. The van der Waals surface area contributed by atoms with Crippen molar-refractivity contribution in [2.45, 2.75) is 19.3 Å². The number of nitrogens with two attached hydrogens (primary N) is 1. The van der Waals surface area contributed by atoms with Crippen LogP contribution >= 0.6 is 11.3 Å². The van der Waals surface area contributed by atoms with Crippen molar-refractivity contribution in [3.63, 3.8) is 0 Å². The Labute approximate surface area is 117 Å². The van der Waals surface area contributed by atoms with E-state index < -0.39 is 18.5 Å². The molecule has 0 saturated carbocycles. The molecule has 2 nitrogen and oxygen atoms in total. The van der Waals surface area contributed by atoms with E-state index in [1.807, 2.05) is 0 Å². The minimum atomic E-state index is -4.28. The molecule has 0 amide bonds. The van der Waals surface area contributed by atoms with Gasteiger partial charge in [-0.25, -0.2) is 4.39 Å². The predicted octanol–water partition coefficient (Wildman–Crippen LogP) is 3.49. The molecular formula is C13H14F4N2S. The number of hydrogen-bond donors (Lipinski definition) is 1. The molecular weight excluding hydrogens is 292 g/mol. The molecule has 0 atom stereocenters. The molecule has 0 spiro atoms. The average Bonchev–Trinajstić information content (AvgIpc) is 2.66. The zero-order chi connectivity index (χ0) is 14.9. The number of rotatable bonds is 4. The molecule has 1 aromatic heterocycles. The van der Waals surface area contributed by atoms with Gasteiger partial charge in [0.2, 0.25) is 0 Å². The standard InChI is InChI=1S/C13H14F4N2S/c1-19(7-13(15,16)17)6-8-11(5-18)20-10-4-2-3-9(14)12(8)10/h2-4H,5-7,18H2,1H3. The zero-order valence-corrected chi connectivity index (χ0v) is 11.6. The maximum absolute atomic E-state index is 13.9. The Morgan fingerprint density at radius 1 is 1.30 bits per heavy atom. The normalized spacial score (nSPS) is 12.6. The molecule has 0 saturated heterocycles. The van der Waals surface area contributed by atoms with E-state index in [9.17, 15) is 17.6 Å². The van der Waals surface area contributed by atoms with Crippen LogP contribution in [-0.2, 0) is 13.1 Å². The van der Waals surface area contributed by atoms with Gasteiger partial charge >= 0.3 is 6.18 Å². The summed E-state index contributed by atoms with van der Waals surface area (Å²) in [5.74, 6) is -0.422. The molecule has 1 heterocycles. The molecule has 0 aliphatic rings. The lowest BCUT2D eigenvalue weighted by Crippen LogP contribution is -2.30. The third-order valence-electron chi connectivity index (χ3n) is 2.91. The number of thiophene rings is 1. The minimum absolute atomic E-state index is 0.0208. The van der Waals surface area contributed by atoms with E-state index in [4.69, 9.17) is 5.73 Å². The molecule has 0 unspecified atom stereocenters. The maximum Gasteiger partial charge on any atom is 0.401 e. The summed E-state index contributed by atoms with van der Waals surface area (Å²) in [6.45, 7) is -0.830. The van der Waals surface area contributed by atoms with Crippen LogP contribution in [0, 0.1) is 5.82 Å². The van der Waals surface area contributed by atoms with Gasteiger partial charge in [-0.2, -0.15) is 13.2 Å². The smallest absolute Gasteiger partial charge is 0.326 e. The highest BCUT2D eigenvalue weighted by Gasteiger charge is 2.29. The number of hydrogen-bond acceptors (Lipinski definition) is 3. The fourth-order valence-electron chi connectivity index (χ4n) is 2.18. The SMILES string of the molecule is CN(Cc1c(CN)sc2cccc(F)c12)CC(F)(F)F. The molecule has 2 aromatic rings. The second kappa shape index (κ2) is 5.67. The van der Waals surface area contributed by atoms with E-state index in [0.29, 0.717) is 15.6 Å². The third kappa shape index (κ3) is 3.28. The molecule has 7 heteroatoms. The molecule has 0 aliphatic heterocycles. The van der Waals surface area contributed by atoms with Crippen LogP contribution in [0.5, 0.6) is 0 Å². The summed E-state index contributed by atoms with van der Waals surface area (Å²) in [7, 11) is 1.36. The summed E-state index contributed by atoms with van der Waals surface area (Å²) in [4.78, 5) is 1.84. The fourth-order valence-corrected chi connectivity index (χ4v) is 3.29. The van der Waals surface area contributed by atoms with Gasteiger partial charge in [-0.15, -0.1) is 11.3 Å². The van der Waals surface area contributed by atoms with Crippen molar-refractivity contribution >= 4 is 21.4 Å². The first-order valence-electron chi connectivity index (χ1n) is 5.96. The maximum atomic E-state index is 13.9. The van der Waals surface area contributed by atoms with Gasteiger partial charge in [0.05, 0.1) is 6.54 Å². The van der Waals surface area contributed by atoms with Gasteiger partial charge in [-0.1, -0.05) is 6.07 Å². The summed E-state index contributed by atoms with van der Waals surface area (Å²) in [5, 5.41) is 0.381. The van der Waals surface area contributed by atoms with Crippen molar-refractivity contribution in [3.8, 4) is 0 Å². The van der Waals surface area contributed by atoms with E-state index in [-0.39, 0.29) is 13.1 Å². The van der Waals surface area contributed by atoms with Crippen LogP contribution in [0.1, 0.15) is 10.4 Å². The Balaban J connectivity index is 2.37. The lowest BCUT2D eigenvalue weighted by atomic mass is 10.1. The lowest BCUT2D eigenvalue weighted by molar-refractivity contribution is -0.144. The van der Waals surface area contributed by atoms with Crippen LogP contribution in [-0.4, -0.2) is 24.7 Å². The summed E-state index contributed by atoms with van der Waals surface area (Å²) < 4.78 is 51.7. The molecule has 0 fully saturated rings. The van der Waals surface area contributed by atoms with Crippen molar-refractivity contribution in [3.05, 3.63) is 34.5 Å². The van der Waals surface area contributed by atoms with Crippen LogP contribution in [0.3, 0.4) is 0 Å². The second-order valence-corrected chi connectivity index (χ2v) is 5.75. The largest absolute Gasteiger partial charge is 0.401 e. The number of fused-ring (bicyclic) bond motifs is 1. The summed E-state index contributed by atoms with van der Waals surface area (Å²) in [5.41, 5.74) is 6.17. The van der Waals surface area contributed by atoms with Gasteiger partial charge in [0, 0.05) is 28.1 Å². The minimum Gasteiger partial charge on any atom is -0.326 e. The van der Waals surface area contributed by atoms with Gasteiger partial charge in [-0.05, 0) is 24.7 Å². The molecule has 110 valence electrons. The van der Waals surface area contributed by atoms with E-state index in [0.717, 1.165) is 9.78 Å². The van der Waals surface area contributed by atoms with Crippen LogP contribution in [0.4, 0.5) is 17.6 Å². The van der Waals surface area contributed by atoms with Gasteiger partial charge < -0.3 is 5.73 Å². The van der Waals surface area contributed by atoms with Crippen LogP contribution in [0.2, 0.25) is 0 Å². The van der Waals surface area contributed by atoms with Gasteiger partial charge in [0.25, 0.3) is 0 Å². The van der Waals surface area contributed by atoms with E-state index >= 15 is 0 Å². The molecule has 2 N–H and O–H groups in total. The Bertz CT molecular complexity index is 606. The van der Waals surface area contributed by atoms with E-state index in [1.54, 1.807) is 12.1 Å². The monoisotopic (exact) mass is 306 g/mol. The highest BCUT2D eigenvalue weighted by atomic mass is 32.1. The van der Waals surface area contributed by atoms with Crippen molar-refractivity contribution in [2.24, 2.45) is 5.73 Å². The number of nitrogens with zero attached hydrogens (tertiary/aromatic N) is 1. The van der Waals surface area contributed by atoms with Crippen LogP contribution in [0.15, 0.2) is 18.2 Å². The molecule has 0 radical (unpaired) electrons. The van der Waals surface area contributed by atoms with Gasteiger partial charge in [0.15, 0.2) is 0 Å². The average molecular weight is 306 g/mol. The zero-order valence-electron chi connectivity index (χ0n) is 10.8. The first kappa shape index (κ1) is 15.2. The third-order valence-corrected chi connectivity index (χ3v) is 4.13. The number of halogens is 4. The van der Waals surface area contributed by atoms with Crippen molar-refractivity contribution < 1.29 is 17.6 Å². The Kier molecular flexibility index (Phi) is 4.31. The van der Waals surface area contributed by atoms with E-state index in [2.05, 4.69) is 0 Å². The summed E-state index contributed by atoms with van der Waals surface area (Å²) in [6.07, 6.45) is -4.28. The van der Waals surface area contributed by atoms with Crippen molar-refractivity contribution in [2.75, 3.05) is 13.6 Å². The molecule has 0 bridgehead atoms. The van der Waals surface area contributed by atoms with Crippen LogP contribution < -0.4 is 5.73 Å². The van der Waals surface area contributed by atoms with Gasteiger partial charge in [-0.3, -0.25) is 4.90 Å². The van der Waals surface area contributed by atoms with Crippen LogP contribution in [0.25, 0.3) is 10.1 Å².